The number of ether oxygens (including phenoxy) is 1. The molecule has 48 valence electrons. The number of methoxy groups -OCH3 is 1. The van der Waals surface area contributed by atoms with Crippen molar-refractivity contribution in [2.45, 2.75) is 6.61 Å². The van der Waals surface area contributed by atoms with Crippen molar-refractivity contribution in [2.24, 2.45) is 0 Å². The average Bonchev–Trinajstić information content (AvgIpc) is 1.91. The maximum Gasteiger partial charge on any atom is 0.0902 e. The van der Waals surface area contributed by atoms with Crippen molar-refractivity contribution in [3.63, 3.8) is 0 Å². The van der Waals surface area contributed by atoms with E-state index in [1.807, 2.05) is 12.1 Å². The van der Waals surface area contributed by atoms with Crippen LogP contribution in [0.15, 0.2) is 18.3 Å². The van der Waals surface area contributed by atoms with Gasteiger partial charge in [0.2, 0.25) is 0 Å². The monoisotopic (exact) mass is 124 g/mol. The van der Waals surface area contributed by atoms with E-state index in [0.717, 1.165) is 5.69 Å². The molecular formula is C6H8N2O. The summed E-state index contributed by atoms with van der Waals surface area (Å²) in [6.07, 6.45) is 1.64. The van der Waals surface area contributed by atoms with E-state index in [9.17, 15) is 0 Å². The average molecular weight is 124 g/mol. The van der Waals surface area contributed by atoms with E-state index < -0.39 is 0 Å². The lowest BCUT2D eigenvalue weighted by Crippen LogP contribution is -1.92. The van der Waals surface area contributed by atoms with Crippen LogP contribution in [0.2, 0.25) is 0 Å². The van der Waals surface area contributed by atoms with Crippen LogP contribution in [-0.4, -0.2) is 17.3 Å². The first-order valence-electron chi connectivity index (χ1n) is 2.69. The third-order valence-corrected chi connectivity index (χ3v) is 0.920. The molecule has 0 aromatic carbocycles. The summed E-state index contributed by atoms with van der Waals surface area (Å²) in [5.74, 6) is 0. The molecule has 0 aliphatic heterocycles. The van der Waals surface area contributed by atoms with Gasteiger partial charge in [-0.1, -0.05) is 0 Å². The maximum atomic E-state index is 4.83. The van der Waals surface area contributed by atoms with Gasteiger partial charge >= 0.3 is 0 Å². The quantitative estimate of drug-likeness (QED) is 0.579. The van der Waals surface area contributed by atoms with Gasteiger partial charge in [0.1, 0.15) is 0 Å². The first-order chi connectivity index (χ1) is 4.43. The number of hydrogen-bond donors (Lipinski definition) is 0. The zero-order valence-electron chi connectivity index (χ0n) is 5.24. The van der Waals surface area contributed by atoms with E-state index in [1.54, 1.807) is 13.3 Å². The number of rotatable bonds is 2. The highest BCUT2D eigenvalue weighted by Gasteiger charge is 1.87. The molecule has 0 saturated carbocycles. The molecule has 0 radical (unpaired) electrons. The first kappa shape index (κ1) is 6.16. The van der Waals surface area contributed by atoms with Gasteiger partial charge in [-0.05, 0) is 12.1 Å². The van der Waals surface area contributed by atoms with Gasteiger partial charge in [-0.2, -0.15) is 10.2 Å². The van der Waals surface area contributed by atoms with Crippen molar-refractivity contribution in [1.29, 1.82) is 0 Å². The highest BCUT2D eigenvalue weighted by atomic mass is 16.5. The molecule has 0 aliphatic carbocycles. The summed E-state index contributed by atoms with van der Waals surface area (Å²) in [4.78, 5) is 0. The summed E-state index contributed by atoms with van der Waals surface area (Å²) >= 11 is 0. The van der Waals surface area contributed by atoms with E-state index in [2.05, 4.69) is 10.2 Å². The van der Waals surface area contributed by atoms with Crippen LogP contribution in [-0.2, 0) is 11.3 Å². The SMILES string of the molecule is COCc1cccnn1. The molecule has 1 aromatic rings. The molecule has 3 heteroatoms. The molecule has 0 fully saturated rings. The molecule has 1 rings (SSSR count). The van der Waals surface area contributed by atoms with Gasteiger partial charge in [0, 0.05) is 13.3 Å². The van der Waals surface area contributed by atoms with Crippen molar-refractivity contribution in [3.05, 3.63) is 24.0 Å². The molecule has 9 heavy (non-hydrogen) atoms. The van der Waals surface area contributed by atoms with E-state index in [4.69, 9.17) is 4.74 Å². The molecule has 0 atom stereocenters. The van der Waals surface area contributed by atoms with Crippen LogP contribution in [0.3, 0.4) is 0 Å². The molecule has 0 aliphatic rings. The fraction of sp³-hybridized carbons (Fsp3) is 0.333. The van der Waals surface area contributed by atoms with Crippen molar-refractivity contribution < 1.29 is 4.74 Å². The molecule has 0 bridgehead atoms. The second kappa shape index (κ2) is 3.14. The summed E-state index contributed by atoms with van der Waals surface area (Å²) in [5, 5.41) is 7.47. The maximum absolute atomic E-state index is 4.83. The minimum Gasteiger partial charge on any atom is -0.378 e. The lowest BCUT2D eigenvalue weighted by Gasteiger charge is -1.93. The predicted molar refractivity (Wildman–Crippen MR) is 32.7 cm³/mol. The third-order valence-electron chi connectivity index (χ3n) is 0.920. The van der Waals surface area contributed by atoms with Gasteiger partial charge < -0.3 is 4.74 Å². The Kier molecular flexibility index (Phi) is 2.15. The Hall–Kier alpha value is -0.960. The van der Waals surface area contributed by atoms with E-state index in [0.29, 0.717) is 6.61 Å². The summed E-state index contributed by atoms with van der Waals surface area (Å²) in [7, 11) is 1.63. The van der Waals surface area contributed by atoms with Gasteiger partial charge in [0.25, 0.3) is 0 Å². The normalized spacial score (nSPS) is 9.44. The molecule has 3 nitrogen and oxygen atoms in total. The Balaban J connectivity index is 2.61. The standard InChI is InChI=1S/C6H8N2O/c1-9-5-6-3-2-4-7-8-6/h2-4H,5H2,1H3. The Morgan fingerprint density at radius 2 is 2.56 bits per heavy atom. The Morgan fingerprint density at radius 3 is 3.11 bits per heavy atom. The minimum atomic E-state index is 0.536. The third kappa shape index (κ3) is 1.77. The predicted octanol–water partition coefficient (Wildman–Crippen LogP) is 0.623. The molecule has 0 unspecified atom stereocenters. The number of aromatic nitrogens is 2. The molecule has 0 saturated heterocycles. The Labute approximate surface area is 53.7 Å². The molecule has 0 spiro atoms. The summed E-state index contributed by atoms with van der Waals surface area (Å²) in [6, 6.07) is 3.71. The van der Waals surface area contributed by atoms with Crippen LogP contribution in [0.4, 0.5) is 0 Å². The highest BCUT2D eigenvalue weighted by Crippen LogP contribution is 1.90. The molecule has 1 aromatic heterocycles. The van der Waals surface area contributed by atoms with E-state index >= 15 is 0 Å². The van der Waals surface area contributed by atoms with Crippen LogP contribution in [0.5, 0.6) is 0 Å². The van der Waals surface area contributed by atoms with Crippen LogP contribution >= 0.6 is 0 Å². The molecule has 0 N–H and O–H groups in total. The molecule has 1 heterocycles. The second-order valence-corrected chi connectivity index (χ2v) is 1.65. The van der Waals surface area contributed by atoms with Gasteiger partial charge in [0.15, 0.2) is 0 Å². The van der Waals surface area contributed by atoms with Crippen LogP contribution in [0.1, 0.15) is 5.69 Å². The van der Waals surface area contributed by atoms with E-state index in [1.165, 1.54) is 0 Å². The summed E-state index contributed by atoms with van der Waals surface area (Å²) in [5.41, 5.74) is 0.861. The first-order valence-corrected chi connectivity index (χ1v) is 2.69. The summed E-state index contributed by atoms with van der Waals surface area (Å²) < 4.78 is 4.83. The van der Waals surface area contributed by atoms with Gasteiger partial charge in [-0.15, -0.1) is 0 Å². The van der Waals surface area contributed by atoms with Crippen molar-refractivity contribution in [1.82, 2.24) is 10.2 Å². The fourth-order valence-electron chi connectivity index (χ4n) is 0.558. The zero-order valence-corrected chi connectivity index (χ0v) is 5.24. The molecular weight excluding hydrogens is 116 g/mol. The van der Waals surface area contributed by atoms with Crippen LogP contribution in [0.25, 0.3) is 0 Å². The van der Waals surface area contributed by atoms with Gasteiger partial charge in [-0.3, -0.25) is 0 Å². The highest BCUT2D eigenvalue weighted by molar-refractivity contribution is 4.96. The van der Waals surface area contributed by atoms with Gasteiger partial charge in [0.05, 0.1) is 12.3 Å². The lowest BCUT2D eigenvalue weighted by atomic mass is 10.4. The lowest BCUT2D eigenvalue weighted by molar-refractivity contribution is 0.180. The van der Waals surface area contributed by atoms with Crippen molar-refractivity contribution >= 4 is 0 Å². The zero-order chi connectivity index (χ0) is 6.53. The Bertz CT molecular complexity index is 164. The van der Waals surface area contributed by atoms with Crippen molar-refractivity contribution in [2.75, 3.05) is 7.11 Å². The topological polar surface area (TPSA) is 35.0 Å². The van der Waals surface area contributed by atoms with Crippen molar-refractivity contribution in [3.8, 4) is 0 Å². The Morgan fingerprint density at radius 1 is 1.67 bits per heavy atom. The fourth-order valence-corrected chi connectivity index (χ4v) is 0.558. The summed E-state index contributed by atoms with van der Waals surface area (Å²) in [6.45, 7) is 0.536. The second-order valence-electron chi connectivity index (χ2n) is 1.65. The van der Waals surface area contributed by atoms with Crippen LogP contribution < -0.4 is 0 Å². The molecule has 0 amide bonds. The number of hydrogen-bond acceptors (Lipinski definition) is 3. The minimum absolute atomic E-state index is 0.536. The number of nitrogens with zero attached hydrogens (tertiary/aromatic N) is 2. The largest absolute Gasteiger partial charge is 0.378 e. The van der Waals surface area contributed by atoms with Gasteiger partial charge in [-0.25, -0.2) is 0 Å². The van der Waals surface area contributed by atoms with E-state index in [-0.39, 0.29) is 0 Å². The van der Waals surface area contributed by atoms with Crippen LogP contribution in [0, 0.1) is 0 Å². The smallest absolute Gasteiger partial charge is 0.0902 e.